The van der Waals surface area contributed by atoms with Crippen LogP contribution in [-0.2, 0) is 4.79 Å². The highest BCUT2D eigenvalue weighted by atomic mass is 127. The van der Waals surface area contributed by atoms with Gasteiger partial charge in [-0.15, -0.1) is 0 Å². The van der Waals surface area contributed by atoms with Gasteiger partial charge >= 0.3 is 0 Å². The van der Waals surface area contributed by atoms with Crippen molar-refractivity contribution in [3.63, 3.8) is 0 Å². The van der Waals surface area contributed by atoms with Gasteiger partial charge in [-0.05, 0) is 69.8 Å². The maximum Gasteiger partial charge on any atom is 0.234 e. The number of thioether (sulfide) groups is 1. The third-order valence-electron chi connectivity index (χ3n) is 3.80. The summed E-state index contributed by atoms with van der Waals surface area (Å²) < 4.78 is 1.14. The molecule has 1 heterocycles. The molecule has 0 unspecified atom stereocenters. The van der Waals surface area contributed by atoms with E-state index in [2.05, 4.69) is 62.1 Å². The molecule has 0 aliphatic rings. The van der Waals surface area contributed by atoms with Crippen LogP contribution in [-0.4, -0.2) is 21.6 Å². The molecule has 25 heavy (non-hydrogen) atoms. The zero-order valence-corrected chi connectivity index (χ0v) is 16.1. The van der Waals surface area contributed by atoms with Crippen molar-refractivity contribution in [2.24, 2.45) is 0 Å². The average molecular weight is 459 g/mol. The highest BCUT2D eigenvalue weighted by Gasteiger charge is 2.08. The fourth-order valence-corrected chi connectivity index (χ4v) is 3.65. The summed E-state index contributed by atoms with van der Waals surface area (Å²) in [6.07, 6.45) is 0. The summed E-state index contributed by atoms with van der Waals surface area (Å²) in [5.74, 6) is 0.266. The van der Waals surface area contributed by atoms with E-state index in [0.717, 1.165) is 30.8 Å². The lowest BCUT2D eigenvalue weighted by atomic mass is 10.1. The molecule has 4 aromatic rings. The molecule has 1 aromatic heterocycles. The summed E-state index contributed by atoms with van der Waals surface area (Å²) in [5.41, 5.74) is 2.71. The van der Waals surface area contributed by atoms with Crippen LogP contribution in [0.5, 0.6) is 0 Å². The highest BCUT2D eigenvalue weighted by Crippen LogP contribution is 2.24. The van der Waals surface area contributed by atoms with Gasteiger partial charge in [0.1, 0.15) is 0 Å². The summed E-state index contributed by atoms with van der Waals surface area (Å²) in [7, 11) is 0. The second-order valence-electron chi connectivity index (χ2n) is 5.60. The predicted octanol–water partition coefficient (Wildman–Crippen LogP) is 5.05. The maximum absolute atomic E-state index is 12.1. The van der Waals surface area contributed by atoms with Gasteiger partial charge in [0.05, 0.1) is 16.8 Å². The Morgan fingerprint density at radius 3 is 2.56 bits per heavy atom. The molecule has 6 heteroatoms. The van der Waals surface area contributed by atoms with Gasteiger partial charge in [0, 0.05) is 9.26 Å². The zero-order chi connectivity index (χ0) is 17.2. The van der Waals surface area contributed by atoms with Crippen LogP contribution in [0, 0.1) is 3.57 Å². The molecule has 4 nitrogen and oxygen atoms in total. The molecule has 0 spiro atoms. The van der Waals surface area contributed by atoms with Crippen molar-refractivity contribution in [1.82, 2.24) is 9.97 Å². The Kier molecular flexibility index (Phi) is 4.63. The van der Waals surface area contributed by atoms with Crippen LogP contribution in [0.15, 0.2) is 65.8 Å². The standard InChI is InChI=1S/C19H14IN3OS/c20-14-5-7-15(8-6-14)21-18(24)11-25-19-22-16-9-12-3-1-2-4-13(12)10-17(16)23-19/h1-10H,11H2,(H,21,24)(H,22,23). The molecular formula is C19H14IN3OS. The van der Waals surface area contributed by atoms with Crippen molar-refractivity contribution in [3.8, 4) is 0 Å². The van der Waals surface area contributed by atoms with E-state index in [0.29, 0.717) is 5.75 Å². The summed E-state index contributed by atoms with van der Waals surface area (Å²) in [6, 6.07) is 20.1. The molecular weight excluding hydrogens is 445 g/mol. The summed E-state index contributed by atoms with van der Waals surface area (Å²) in [6.45, 7) is 0. The Hall–Kier alpha value is -2.06. The molecule has 0 saturated carbocycles. The number of rotatable bonds is 4. The maximum atomic E-state index is 12.1. The van der Waals surface area contributed by atoms with E-state index in [-0.39, 0.29) is 5.91 Å². The Balaban J connectivity index is 1.46. The van der Waals surface area contributed by atoms with Gasteiger partial charge in [-0.1, -0.05) is 36.0 Å². The zero-order valence-electron chi connectivity index (χ0n) is 13.1. The number of anilines is 1. The summed E-state index contributed by atoms with van der Waals surface area (Å²) >= 11 is 3.64. The quantitative estimate of drug-likeness (QED) is 0.332. The molecule has 124 valence electrons. The van der Waals surface area contributed by atoms with Crippen LogP contribution in [0.2, 0.25) is 0 Å². The van der Waals surface area contributed by atoms with Crippen LogP contribution in [0.25, 0.3) is 21.8 Å². The minimum Gasteiger partial charge on any atom is -0.333 e. The Bertz CT molecular complexity index is 1010. The second kappa shape index (κ2) is 7.05. The SMILES string of the molecule is O=C(CSc1nc2cc3ccccc3cc2[nH]1)Nc1ccc(I)cc1. The number of aromatic amines is 1. The number of H-pyrrole nitrogens is 1. The minimum absolute atomic E-state index is 0.0446. The van der Waals surface area contributed by atoms with Crippen LogP contribution in [0.4, 0.5) is 5.69 Å². The first-order valence-electron chi connectivity index (χ1n) is 7.74. The smallest absolute Gasteiger partial charge is 0.234 e. The van der Waals surface area contributed by atoms with Gasteiger partial charge in [-0.25, -0.2) is 4.98 Å². The number of halogens is 1. The van der Waals surface area contributed by atoms with Crippen molar-refractivity contribution in [2.75, 3.05) is 11.1 Å². The number of imidazole rings is 1. The van der Waals surface area contributed by atoms with Crippen molar-refractivity contribution in [3.05, 3.63) is 64.2 Å². The molecule has 4 rings (SSSR count). The fourth-order valence-electron chi connectivity index (χ4n) is 2.61. The number of carbonyl (C=O) groups is 1. The Morgan fingerprint density at radius 1 is 1.08 bits per heavy atom. The molecule has 0 aliphatic heterocycles. The molecule has 2 N–H and O–H groups in total. The lowest BCUT2D eigenvalue weighted by molar-refractivity contribution is -0.113. The third-order valence-corrected chi connectivity index (χ3v) is 5.39. The van der Waals surface area contributed by atoms with Crippen molar-refractivity contribution in [2.45, 2.75) is 5.16 Å². The number of fused-ring (bicyclic) bond motifs is 2. The fraction of sp³-hybridized carbons (Fsp3) is 0.0526. The van der Waals surface area contributed by atoms with Crippen molar-refractivity contribution in [1.29, 1.82) is 0 Å². The molecule has 1 amide bonds. The average Bonchev–Trinajstić information content (AvgIpc) is 3.01. The first-order valence-corrected chi connectivity index (χ1v) is 9.80. The monoisotopic (exact) mass is 459 g/mol. The van der Waals surface area contributed by atoms with Gasteiger partial charge in [0.15, 0.2) is 5.16 Å². The summed E-state index contributed by atoms with van der Waals surface area (Å²) in [4.78, 5) is 20.0. The number of hydrogen-bond donors (Lipinski definition) is 2. The summed E-state index contributed by atoms with van der Waals surface area (Å²) in [5, 5.41) is 5.98. The number of benzene rings is 3. The van der Waals surface area contributed by atoms with Gasteiger partial charge in [0.2, 0.25) is 5.91 Å². The van der Waals surface area contributed by atoms with E-state index in [1.54, 1.807) is 0 Å². The molecule has 0 aliphatic carbocycles. The minimum atomic E-state index is -0.0446. The number of amides is 1. The van der Waals surface area contributed by atoms with E-state index < -0.39 is 0 Å². The van der Waals surface area contributed by atoms with Crippen LogP contribution >= 0.6 is 34.4 Å². The van der Waals surface area contributed by atoms with E-state index in [1.807, 2.05) is 36.4 Å². The number of nitrogens with one attached hydrogen (secondary N) is 2. The molecule has 0 atom stereocenters. The Morgan fingerprint density at radius 2 is 1.80 bits per heavy atom. The topological polar surface area (TPSA) is 57.8 Å². The van der Waals surface area contributed by atoms with Crippen LogP contribution in [0.1, 0.15) is 0 Å². The first-order chi connectivity index (χ1) is 12.2. The number of carbonyl (C=O) groups excluding carboxylic acids is 1. The number of nitrogens with zero attached hydrogens (tertiary/aromatic N) is 1. The lowest BCUT2D eigenvalue weighted by Gasteiger charge is -2.04. The third kappa shape index (κ3) is 3.80. The number of aromatic nitrogens is 2. The number of hydrogen-bond acceptors (Lipinski definition) is 3. The van der Waals surface area contributed by atoms with Gasteiger partial charge in [0.25, 0.3) is 0 Å². The van der Waals surface area contributed by atoms with E-state index >= 15 is 0 Å². The first kappa shape index (κ1) is 16.4. The Labute approximate surface area is 162 Å². The lowest BCUT2D eigenvalue weighted by Crippen LogP contribution is -2.14. The normalized spacial score (nSPS) is 11.1. The highest BCUT2D eigenvalue weighted by molar-refractivity contribution is 14.1. The molecule has 0 radical (unpaired) electrons. The van der Waals surface area contributed by atoms with E-state index in [9.17, 15) is 4.79 Å². The van der Waals surface area contributed by atoms with Gasteiger partial charge in [-0.2, -0.15) is 0 Å². The predicted molar refractivity (Wildman–Crippen MR) is 112 cm³/mol. The van der Waals surface area contributed by atoms with Crippen molar-refractivity contribution < 1.29 is 4.79 Å². The molecule has 0 saturated heterocycles. The van der Waals surface area contributed by atoms with Crippen molar-refractivity contribution >= 4 is 67.8 Å². The molecule has 0 fully saturated rings. The van der Waals surface area contributed by atoms with Crippen LogP contribution in [0.3, 0.4) is 0 Å². The van der Waals surface area contributed by atoms with E-state index in [4.69, 9.17) is 0 Å². The second-order valence-corrected chi connectivity index (χ2v) is 7.81. The largest absolute Gasteiger partial charge is 0.333 e. The van der Waals surface area contributed by atoms with Gasteiger partial charge in [-0.3, -0.25) is 4.79 Å². The van der Waals surface area contributed by atoms with Crippen LogP contribution < -0.4 is 5.32 Å². The van der Waals surface area contributed by atoms with Gasteiger partial charge < -0.3 is 10.3 Å². The molecule has 3 aromatic carbocycles. The molecule has 0 bridgehead atoms. The van der Waals surface area contributed by atoms with E-state index in [1.165, 1.54) is 17.1 Å².